The van der Waals surface area contributed by atoms with E-state index in [9.17, 15) is 4.79 Å². The third-order valence-electron chi connectivity index (χ3n) is 2.84. The van der Waals surface area contributed by atoms with Gasteiger partial charge in [-0.05, 0) is 29.8 Å². The molecule has 0 atom stereocenters. The first-order valence-corrected chi connectivity index (χ1v) is 6.42. The van der Waals surface area contributed by atoms with Crippen LogP contribution in [0.2, 0.25) is 0 Å². The standard InChI is InChI=1S/C16H17NO4/c1-19-14-9-8-12(10-15(14)20-2)11-21-16(18)17-13-6-4-3-5-7-13/h3-10H,11H2,1-2H3,(H,17,18). The van der Waals surface area contributed by atoms with E-state index in [1.165, 1.54) is 0 Å². The molecule has 0 heterocycles. The number of benzene rings is 2. The maximum absolute atomic E-state index is 11.7. The lowest BCUT2D eigenvalue weighted by Gasteiger charge is -2.10. The van der Waals surface area contributed by atoms with E-state index in [-0.39, 0.29) is 6.61 Å². The van der Waals surface area contributed by atoms with Crippen molar-refractivity contribution in [2.75, 3.05) is 19.5 Å². The maximum Gasteiger partial charge on any atom is 0.411 e. The first-order chi connectivity index (χ1) is 10.2. The van der Waals surface area contributed by atoms with Gasteiger partial charge in [-0.1, -0.05) is 24.3 Å². The molecular formula is C16H17NO4. The van der Waals surface area contributed by atoms with Crippen molar-refractivity contribution in [2.24, 2.45) is 0 Å². The number of hydrogen-bond acceptors (Lipinski definition) is 4. The lowest BCUT2D eigenvalue weighted by Crippen LogP contribution is -2.13. The van der Waals surface area contributed by atoms with Crippen LogP contribution < -0.4 is 14.8 Å². The fraction of sp³-hybridized carbons (Fsp3) is 0.188. The van der Waals surface area contributed by atoms with Crippen LogP contribution in [0.1, 0.15) is 5.56 Å². The van der Waals surface area contributed by atoms with E-state index in [2.05, 4.69) is 5.32 Å². The van der Waals surface area contributed by atoms with Gasteiger partial charge in [-0.2, -0.15) is 0 Å². The average Bonchev–Trinajstić information content (AvgIpc) is 2.53. The summed E-state index contributed by atoms with van der Waals surface area (Å²) in [6, 6.07) is 14.5. The fourth-order valence-corrected chi connectivity index (χ4v) is 1.79. The molecule has 2 rings (SSSR count). The lowest BCUT2D eigenvalue weighted by atomic mass is 10.2. The van der Waals surface area contributed by atoms with E-state index >= 15 is 0 Å². The van der Waals surface area contributed by atoms with Crippen molar-refractivity contribution in [1.29, 1.82) is 0 Å². The number of nitrogens with one attached hydrogen (secondary N) is 1. The molecule has 5 heteroatoms. The van der Waals surface area contributed by atoms with Crippen molar-refractivity contribution >= 4 is 11.8 Å². The van der Waals surface area contributed by atoms with Crippen LogP contribution in [-0.4, -0.2) is 20.3 Å². The monoisotopic (exact) mass is 287 g/mol. The van der Waals surface area contributed by atoms with E-state index in [0.29, 0.717) is 17.2 Å². The minimum Gasteiger partial charge on any atom is -0.493 e. The van der Waals surface area contributed by atoms with Crippen LogP contribution in [0.25, 0.3) is 0 Å². The van der Waals surface area contributed by atoms with Gasteiger partial charge in [-0.15, -0.1) is 0 Å². The molecule has 0 aliphatic heterocycles. The Morgan fingerprint density at radius 2 is 1.71 bits per heavy atom. The summed E-state index contributed by atoms with van der Waals surface area (Å²) in [5.41, 5.74) is 1.51. The largest absolute Gasteiger partial charge is 0.493 e. The Balaban J connectivity index is 1.92. The van der Waals surface area contributed by atoms with E-state index in [4.69, 9.17) is 14.2 Å². The Kier molecular flexibility index (Phi) is 5.04. The predicted molar refractivity (Wildman–Crippen MR) is 79.8 cm³/mol. The molecule has 21 heavy (non-hydrogen) atoms. The summed E-state index contributed by atoms with van der Waals surface area (Å²) in [7, 11) is 3.13. The minimum atomic E-state index is -0.504. The maximum atomic E-state index is 11.7. The smallest absolute Gasteiger partial charge is 0.411 e. The summed E-state index contributed by atoms with van der Waals surface area (Å²) in [5.74, 6) is 1.23. The van der Waals surface area contributed by atoms with Crippen molar-refractivity contribution in [3.8, 4) is 11.5 Å². The van der Waals surface area contributed by atoms with Crippen molar-refractivity contribution in [2.45, 2.75) is 6.61 Å². The number of anilines is 1. The van der Waals surface area contributed by atoms with E-state index in [1.54, 1.807) is 38.5 Å². The Labute approximate surface area is 123 Å². The number of ether oxygens (including phenoxy) is 3. The molecule has 0 aromatic heterocycles. The van der Waals surface area contributed by atoms with Gasteiger partial charge in [0.2, 0.25) is 0 Å². The van der Waals surface area contributed by atoms with Gasteiger partial charge in [0, 0.05) is 5.69 Å². The second-order valence-electron chi connectivity index (χ2n) is 4.26. The highest BCUT2D eigenvalue weighted by Gasteiger charge is 2.07. The zero-order valence-corrected chi connectivity index (χ0v) is 12.0. The molecule has 0 bridgehead atoms. The molecule has 5 nitrogen and oxygen atoms in total. The molecule has 0 aliphatic rings. The number of methoxy groups -OCH3 is 2. The number of para-hydroxylation sites is 1. The van der Waals surface area contributed by atoms with Gasteiger partial charge in [0.05, 0.1) is 14.2 Å². The van der Waals surface area contributed by atoms with Gasteiger partial charge in [-0.25, -0.2) is 4.79 Å². The summed E-state index contributed by atoms with van der Waals surface area (Å²) in [6.07, 6.45) is -0.504. The Morgan fingerprint density at radius 1 is 1.00 bits per heavy atom. The zero-order chi connectivity index (χ0) is 15.1. The number of carbonyl (C=O) groups is 1. The molecule has 0 unspecified atom stereocenters. The number of amides is 1. The van der Waals surface area contributed by atoms with Crippen molar-refractivity contribution in [1.82, 2.24) is 0 Å². The Bertz CT molecular complexity index is 598. The fourth-order valence-electron chi connectivity index (χ4n) is 1.79. The Hall–Kier alpha value is -2.69. The molecule has 2 aromatic carbocycles. The third kappa shape index (κ3) is 4.14. The van der Waals surface area contributed by atoms with Gasteiger partial charge < -0.3 is 14.2 Å². The molecule has 0 saturated carbocycles. The molecule has 0 spiro atoms. The minimum absolute atomic E-state index is 0.152. The molecule has 110 valence electrons. The van der Waals surface area contributed by atoms with Crippen LogP contribution in [0.3, 0.4) is 0 Å². The second-order valence-corrected chi connectivity index (χ2v) is 4.26. The first-order valence-electron chi connectivity index (χ1n) is 6.42. The predicted octanol–water partition coefficient (Wildman–Crippen LogP) is 3.45. The topological polar surface area (TPSA) is 56.8 Å². The number of rotatable bonds is 5. The highest BCUT2D eigenvalue weighted by atomic mass is 16.5. The van der Waals surface area contributed by atoms with Crippen molar-refractivity contribution in [3.05, 3.63) is 54.1 Å². The van der Waals surface area contributed by atoms with E-state index in [0.717, 1.165) is 5.56 Å². The van der Waals surface area contributed by atoms with Crippen molar-refractivity contribution in [3.63, 3.8) is 0 Å². The normalized spacial score (nSPS) is 9.81. The molecule has 2 aromatic rings. The second kappa shape index (κ2) is 7.19. The molecule has 0 aliphatic carbocycles. The van der Waals surface area contributed by atoms with Crippen LogP contribution in [0.4, 0.5) is 10.5 Å². The van der Waals surface area contributed by atoms with Crippen LogP contribution in [0, 0.1) is 0 Å². The van der Waals surface area contributed by atoms with Gasteiger partial charge >= 0.3 is 6.09 Å². The number of hydrogen-bond donors (Lipinski definition) is 1. The highest BCUT2D eigenvalue weighted by Crippen LogP contribution is 2.27. The van der Waals surface area contributed by atoms with Crippen LogP contribution in [0.15, 0.2) is 48.5 Å². The van der Waals surface area contributed by atoms with Gasteiger partial charge in [0.1, 0.15) is 6.61 Å². The van der Waals surface area contributed by atoms with Gasteiger partial charge in [0.15, 0.2) is 11.5 Å². The van der Waals surface area contributed by atoms with Crippen molar-refractivity contribution < 1.29 is 19.0 Å². The Morgan fingerprint density at radius 3 is 2.38 bits per heavy atom. The molecule has 0 saturated heterocycles. The quantitative estimate of drug-likeness (QED) is 0.915. The highest BCUT2D eigenvalue weighted by molar-refractivity contribution is 5.84. The van der Waals surface area contributed by atoms with Crippen LogP contribution >= 0.6 is 0 Å². The summed E-state index contributed by atoms with van der Waals surface area (Å²) >= 11 is 0. The summed E-state index contributed by atoms with van der Waals surface area (Å²) in [4.78, 5) is 11.7. The molecule has 1 N–H and O–H groups in total. The SMILES string of the molecule is COc1ccc(COC(=O)Nc2ccccc2)cc1OC. The number of carbonyl (C=O) groups excluding carboxylic acids is 1. The first kappa shape index (κ1) is 14.7. The summed E-state index contributed by atoms with van der Waals surface area (Å²) in [6.45, 7) is 0.152. The van der Waals surface area contributed by atoms with Gasteiger partial charge in [0.25, 0.3) is 0 Å². The summed E-state index contributed by atoms with van der Waals surface area (Å²) in [5, 5.41) is 2.65. The third-order valence-corrected chi connectivity index (χ3v) is 2.84. The average molecular weight is 287 g/mol. The van der Waals surface area contributed by atoms with Gasteiger partial charge in [-0.3, -0.25) is 5.32 Å². The lowest BCUT2D eigenvalue weighted by molar-refractivity contribution is 0.155. The summed E-state index contributed by atoms with van der Waals surface area (Å²) < 4.78 is 15.5. The van der Waals surface area contributed by atoms with Crippen LogP contribution in [-0.2, 0) is 11.3 Å². The zero-order valence-electron chi connectivity index (χ0n) is 12.0. The molecule has 0 fully saturated rings. The molecular weight excluding hydrogens is 270 g/mol. The molecule has 1 amide bonds. The van der Waals surface area contributed by atoms with Crippen LogP contribution in [0.5, 0.6) is 11.5 Å². The van der Waals surface area contributed by atoms with E-state index < -0.39 is 6.09 Å². The molecule has 0 radical (unpaired) electrons. The van der Waals surface area contributed by atoms with E-state index in [1.807, 2.05) is 24.3 Å².